The third-order valence-corrected chi connectivity index (χ3v) is 2.90. The van der Waals surface area contributed by atoms with Gasteiger partial charge in [-0.05, 0) is 23.9 Å². The van der Waals surface area contributed by atoms with E-state index in [-0.39, 0.29) is 0 Å². The zero-order chi connectivity index (χ0) is 9.42. The Labute approximate surface area is 85.7 Å². The van der Waals surface area contributed by atoms with E-state index in [2.05, 4.69) is 28.1 Å². The molecule has 2 N–H and O–H groups in total. The van der Waals surface area contributed by atoms with Crippen molar-refractivity contribution in [3.63, 3.8) is 0 Å². The van der Waals surface area contributed by atoms with Crippen LogP contribution in [0, 0.1) is 6.92 Å². The standard InChI is InChI=1S/C11H10BrN/c1-7-6-10(12)8-4-2-3-5-9(8)11(7)13/h2-6H,13H2,1H3. The zero-order valence-electron chi connectivity index (χ0n) is 7.34. The van der Waals surface area contributed by atoms with Crippen molar-refractivity contribution >= 4 is 32.4 Å². The highest BCUT2D eigenvalue weighted by Crippen LogP contribution is 2.30. The number of nitrogens with two attached hydrogens (primary N) is 1. The number of anilines is 1. The summed E-state index contributed by atoms with van der Waals surface area (Å²) in [6.07, 6.45) is 0. The van der Waals surface area contributed by atoms with Gasteiger partial charge in [0, 0.05) is 15.5 Å². The minimum atomic E-state index is 0.874. The van der Waals surface area contributed by atoms with Gasteiger partial charge in [0.15, 0.2) is 0 Å². The summed E-state index contributed by atoms with van der Waals surface area (Å²) < 4.78 is 1.11. The van der Waals surface area contributed by atoms with E-state index in [1.165, 1.54) is 5.39 Å². The van der Waals surface area contributed by atoms with E-state index < -0.39 is 0 Å². The monoisotopic (exact) mass is 235 g/mol. The van der Waals surface area contributed by atoms with E-state index in [9.17, 15) is 0 Å². The normalized spacial score (nSPS) is 10.6. The first-order valence-corrected chi connectivity index (χ1v) is 4.93. The molecule has 66 valence electrons. The van der Waals surface area contributed by atoms with Crippen molar-refractivity contribution in [1.82, 2.24) is 0 Å². The van der Waals surface area contributed by atoms with Gasteiger partial charge in [0.2, 0.25) is 0 Å². The molecule has 0 amide bonds. The summed E-state index contributed by atoms with van der Waals surface area (Å²) in [6, 6.07) is 10.2. The van der Waals surface area contributed by atoms with E-state index in [0.717, 1.165) is 21.1 Å². The molecule has 0 aliphatic rings. The second kappa shape index (κ2) is 3.04. The number of hydrogen-bond donors (Lipinski definition) is 1. The first kappa shape index (κ1) is 8.57. The van der Waals surface area contributed by atoms with Crippen molar-refractivity contribution < 1.29 is 0 Å². The molecule has 0 fully saturated rings. The lowest BCUT2D eigenvalue weighted by Gasteiger charge is -2.07. The zero-order valence-corrected chi connectivity index (χ0v) is 8.93. The Morgan fingerprint density at radius 2 is 1.77 bits per heavy atom. The second-order valence-electron chi connectivity index (χ2n) is 3.13. The Kier molecular flexibility index (Phi) is 2.00. The molecule has 0 radical (unpaired) electrons. The van der Waals surface area contributed by atoms with Crippen molar-refractivity contribution in [3.05, 3.63) is 40.4 Å². The van der Waals surface area contributed by atoms with Gasteiger partial charge in [0.05, 0.1) is 0 Å². The Balaban J connectivity index is 2.97. The van der Waals surface area contributed by atoms with Crippen LogP contribution in [-0.4, -0.2) is 0 Å². The minimum absolute atomic E-state index is 0.874. The third-order valence-electron chi connectivity index (χ3n) is 2.24. The van der Waals surface area contributed by atoms with Crippen LogP contribution in [-0.2, 0) is 0 Å². The lowest BCUT2D eigenvalue weighted by Crippen LogP contribution is -1.91. The molecule has 0 unspecified atom stereocenters. The van der Waals surface area contributed by atoms with E-state index in [0.29, 0.717) is 0 Å². The number of benzene rings is 2. The molecule has 13 heavy (non-hydrogen) atoms. The van der Waals surface area contributed by atoms with Crippen LogP contribution in [0.15, 0.2) is 34.8 Å². The lowest BCUT2D eigenvalue weighted by molar-refractivity contribution is 1.49. The third kappa shape index (κ3) is 1.31. The Morgan fingerprint density at radius 3 is 2.46 bits per heavy atom. The summed E-state index contributed by atoms with van der Waals surface area (Å²) in [5.41, 5.74) is 7.96. The van der Waals surface area contributed by atoms with Gasteiger partial charge in [-0.3, -0.25) is 0 Å². The molecule has 2 aromatic rings. The molecule has 2 heteroatoms. The first-order valence-electron chi connectivity index (χ1n) is 4.13. The highest BCUT2D eigenvalue weighted by molar-refractivity contribution is 9.10. The number of halogens is 1. The number of aryl methyl sites for hydroxylation is 1. The second-order valence-corrected chi connectivity index (χ2v) is 3.99. The van der Waals surface area contributed by atoms with Crippen molar-refractivity contribution in [3.8, 4) is 0 Å². The van der Waals surface area contributed by atoms with E-state index in [4.69, 9.17) is 5.73 Å². The first-order chi connectivity index (χ1) is 6.20. The molecule has 0 aromatic heterocycles. The number of nitrogen functional groups attached to an aromatic ring is 1. The fourth-order valence-electron chi connectivity index (χ4n) is 1.48. The summed E-state index contributed by atoms with van der Waals surface area (Å²) in [7, 11) is 0. The van der Waals surface area contributed by atoms with Crippen molar-refractivity contribution in [2.75, 3.05) is 5.73 Å². The molecule has 1 nitrogen and oxygen atoms in total. The molecule has 0 saturated heterocycles. The summed E-state index contributed by atoms with van der Waals surface area (Å²) >= 11 is 3.53. The maximum atomic E-state index is 5.97. The van der Waals surface area contributed by atoms with Gasteiger partial charge in [-0.25, -0.2) is 0 Å². The van der Waals surface area contributed by atoms with Crippen molar-refractivity contribution in [1.29, 1.82) is 0 Å². The Morgan fingerprint density at radius 1 is 1.15 bits per heavy atom. The van der Waals surface area contributed by atoms with Gasteiger partial charge in [-0.1, -0.05) is 40.2 Å². The largest absolute Gasteiger partial charge is 0.398 e. The quantitative estimate of drug-likeness (QED) is 0.696. The molecule has 0 bridgehead atoms. The summed E-state index contributed by atoms with van der Waals surface area (Å²) in [5.74, 6) is 0. The van der Waals surface area contributed by atoms with E-state index in [1.54, 1.807) is 0 Å². The van der Waals surface area contributed by atoms with Crippen LogP contribution in [0.25, 0.3) is 10.8 Å². The Bertz CT molecular complexity index is 463. The maximum Gasteiger partial charge on any atom is 0.0424 e. The average molecular weight is 236 g/mol. The van der Waals surface area contributed by atoms with Crippen LogP contribution >= 0.6 is 15.9 Å². The molecule has 0 aliphatic heterocycles. The highest BCUT2D eigenvalue weighted by Gasteiger charge is 2.03. The van der Waals surface area contributed by atoms with Gasteiger partial charge in [0.1, 0.15) is 0 Å². The molecule has 2 rings (SSSR count). The van der Waals surface area contributed by atoms with Gasteiger partial charge in [-0.2, -0.15) is 0 Å². The summed E-state index contributed by atoms with van der Waals surface area (Å²) in [4.78, 5) is 0. The molecular formula is C11H10BrN. The average Bonchev–Trinajstić information content (AvgIpc) is 2.15. The topological polar surface area (TPSA) is 26.0 Å². The van der Waals surface area contributed by atoms with Crippen LogP contribution in [0.3, 0.4) is 0 Å². The van der Waals surface area contributed by atoms with Crippen molar-refractivity contribution in [2.45, 2.75) is 6.92 Å². The highest BCUT2D eigenvalue weighted by atomic mass is 79.9. The van der Waals surface area contributed by atoms with Gasteiger partial charge >= 0.3 is 0 Å². The minimum Gasteiger partial charge on any atom is -0.398 e. The van der Waals surface area contributed by atoms with Gasteiger partial charge < -0.3 is 5.73 Å². The predicted molar refractivity (Wildman–Crippen MR) is 60.8 cm³/mol. The molecule has 0 aliphatic carbocycles. The molecule has 0 spiro atoms. The van der Waals surface area contributed by atoms with Crippen LogP contribution in [0.4, 0.5) is 5.69 Å². The van der Waals surface area contributed by atoms with Crippen molar-refractivity contribution in [2.24, 2.45) is 0 Å². The lowest BCUT2D eigenvalue weighted by atomic mass is 10.1. The van der Waals surface area contributed by atoms with Crippen LogP contribution in [0.5, 0.6) is 0 Å². The fraction of sp³-hybridized carbons (Fsp3) is 0.0909. The molecule has 0 saturated carbocycles. The smallest absolute Gasteiger partial charge is 0.0424 e. The van der Waals surface area contributed by atoms with Crippen LogP contribution < -0.4 is 5.73 Å². The summed E-state index contributed by atoms with van der Waals surface area (Å²) in [5, 5.41) is 2.29. The Hall–Kier alpha value is -1.02. The van der Waals surface area contributed by atoms with Crippen LogP contribution in [0.2, 0.25) is 0 Å². The SMILES string of the molecule is Cc1cc(Br)c2ccccc2c1N. The number of hydrogen-bond acceptors (Lipinski definition) is 1. The van der Waals surface area contributed by atoms with E-state index >= 15 is 0 Å². The van der Waals surface area contributed by atoms with E-state index in [1.807, 2.05) is 25.1 Å². The fourth-order valence-corrected chi connectivity index (χ4v) is 2.17. The number of fused-ring (bicyclic) bond motifs is 1. The van der Waals surface area contributed by atoms with Gasteiger partial charge in [-0.15, -0.1) is 0 Å². The maximum absolute atomic E-state index is 5.97. The number of rotatable bonds is 0. The molecule has 0 atom stereocenters. The van der Waals surface area contributed by atoms with Crippen LogP contribution in [0.1, 0.15) is 5.56 Å². The van der Waals surface area contributed by atoms with Gasteiger partial charge in [0.25, 0.3) is 0 Å². The molecule has 2 aromatic carbocycles. The predicted octanol–water partition coefficient (Wildman–Crippen LogP) is 3.49. The molecule has 0 heterocycles. The summed E-state index contributed by atoms with van der Waals surface area (Å²) in [6.45, 7) is 2.02. The molecular weight excluding hydrogens is 226 g/mol.